The van der Waals surface area contributed by atoms with Gasteiger partial charge in [-0.25, -0.2) is 0 Å². The second-order valence-corrected chi connectivity index (χ2v) is 7.54. The summed E-state index contributed by atoms with van der Waals surface area (Å²) in [6, 6.07) is 6.57. The Morgan fingerprint density at radius 1 is 1.00 bits per heavy atom. The summed E-state index contributed by atoms with van der Waals surface area (Å²) < 4.78 is 39.2. The van der Waals surface area contributed by atoms with Gasteiger partial charge in [0.15, 0.2) is 0 Å². The maximum atomic E-state index is 13.1. The lowest BCUT2D eigenvalue weighted by molar-refractivity contribution is -0.138. The van der Waals surface area contributed by atoms with Crippen molar-refractivity contribution in [2.75, 3.05) is 37.7 Å². The Morgan fingerprint density at radius 2 is 1.65 bits per heavy atom. The van der Waals surface area contributed by atoms with Crippen LogP contribution in [-0.4, -0.2) is 53.5 Å². The molecular formula is C17H23F3N2S. The average molecular weight is 344 g/mol. The summed E-state index contributed by atoms with van der Waals surface area (Å²) in [6.45, 7) is 4.50. The number of hydrogen-bond donors (Lipinski definition) is 0. The molecule has 0 saturated carbocycles. The third-order valence-corrected chi connectivity index (χ3v) is 5.78. The van der Waals surface area contributed by atoms with Crippen molar-refractivity contribution in [2.45, 2.75) is 31.6 Å². The highest BCUT2D eigenvalue weighted by atomic mass is 32.2. The van der Waals surface area contributed by atoms with Gasteiger partial charge in [0.05, 0.1) is 5.56 Å². The summed E-state index contributed by atoms with van der Waals surface area (Å²) in [5.41, 5.74) is -0.0944. The van der Waals surface area contributed by atoms with Gasteiger partial charge in [-0.2, -0.15) is 24.9 Å². The number of benzene rings is 1. The Labute approximate surface area is 140 Å². The summed E-state index contributed by atoms with van der Waals surface area (Å²) in [6.07, 6.45) is -2.13. The number of rotatable bonds is 3. The fraction of sp³-hybridized carbons (Fsp3) is 0.647. The third kappa shape index (κ3) is 4.43. The molecule has 23 heavy (non-hydrogen) atoms. The number of alkyl halides is 3. The first-order chi connectivity index (χ1) is 11.0. The van der Waals surface area contributed by atoms with E-state index in [0.717, 1.165) is 39.0 Å². The van der Waals surface area contributed by atoms with Crippen molar-refractivity contribution in [3.63, 3.8) is 0 Å². The molecule has 6 heteroatoms. The number of nitrogens with zero attached hydrogens (tertiary/aromatic N) is 2. The average Bonchev–Trinajstić information content (AvgIpc) is 2.56. The van der Waals surface area contributed by atoms with E-state index < -0.39 is 11.7 Å². The molecule has 0 radical (unpaired) electrons. The molecule has 2 aliphatic rings. The van der Waals surface area contributed by atoms with Gasteiger partial charge in [0.1, 0.15) is 0 Å². The maximum Gasteiger partial charge on any atom is 0.416 e. The Hall–Kier alpha value is -0.720. The predicted molar refractivity (Wildman–Crippen MR) is 88.6 cm³/mol. The number of halogens is 3. The van der Waals surface area contributed by atoms with E-state index in [-0.39, 0.29) is 0 Å². The van der Waals surface area contributed by atoms with E-state index >= 15 is 0 Å². The van der Waals surface area contributed by atoms with Gasteiger partial charge in [0, 0.05) is 37.2 Å². The van der Waals surface area contributed by atoms with Crippen LogP contribution < -0.4 is 0 Å². The summed E-state index contributed by atoms with van der Waals surface area (Å²) in [7, 11) is 0. The molecule has 0 aromatic heterocycles. The molecule has 2 fully saturated rings. The minimum absolute atomic E-state index is 0.396. The number of likely N-dealkylation sites (tertiary alicyclic amines) is 1. The van der Waals surface area contributed by atoms with Crippen LogP contribution in [0.1, 0.15) is 24.0 Å². The predicted octanol–water partition coefficient (Wildman–Crippen LogP) is 3.72. The van der Waals surface area contributed by atoms with Crippen molar-refractivity contribution in [3.8, 4) is 0 Å². The first-order valence-electron chi connectivity index (χ1n) is 8.23. The Bertz CT molecular complexity index is 507. The van der Waals surface area contributed by atoms with Crippen LogP contribution in [0.15, 0.2) is 24.3 Å². The summed E-state index contributed by atoms with van der Waals surface area (Å²) in [4.78, 5) is 4.73. The van der Waals surface area contributed by atoms with E-state index in [0.29, 0.717) is 18.2 Å². The molecule has 2 heterocycles. The summed E-state index contributed by atoms with van der Waals surface area (Å²) in [5.74, 6) is 2.42. The SMILES string of the molecule is FC(F)(F)c1ccccc1CN1CCC(N2CCSCC2)CC1. The number of thioether (sulfide) groups is 1. The lowest BCUT2D eigenvalue weighted by Crippen LogP contribution is -2.47. The second kappa shape index (κ2) is 7.45. The number of piperidine rings is 1. The topological polar surface area (TPSA) is 6.48 Å². The van der Waals surface area contributed by atoms with Crippen LogP contribution in [0.2, 0.25) is 0 Å². The highest BCUT2D eigenvalue weighted by Crippen LogP contribution is 2.33. The highest BCUT2D eigenvalue weighted by Gasteiger charge is 2.33. The van der Waals surface area contributed by atoms with Crippen molar-refractivity contribution < 1.29 is 13.2 Å². The van der Waals surface area contributed by atoms with Crippen molar-refractivity contribution in [3.05, 3.63) is 35.4 Å². The molecule has 2 saturated heterocycles. The smallest absolute Gasteiger partial charge is 0.299 e. The normalized spacial score (nSPS) is 22.4. The van der Waals surface area contributed by atoms with Gasteiger partial charge >= 0.3 is 6.18 Å². The van der Waals surface area contributed by atoms with Crippen LogP contribution in [-0.2, 0) is 12.7 Å². The van der Waals surface area contributed by atoms with Crippen molar-refractivity contribution in [1.29, 1.82) is 0 Å². The van der Waals surface area contributed by atoms with Gasteiger partial charge in [0.2, 0.25) is 0 Å². The maximum absolute atomic E-state index is 13.1. The lowest BCUT2D eigenvalue weighted by Gasteiger charge is -2.40. The molecular weight excluding hydrogens is 321 g/mol. The summed E-state index contributed by atoms with van der Waals surface area (Å²) in [5, 5.41) is 0. The van der Waals surface area contributed by atoms with E-state index in [1.54, 1.807) is 12.1 Å². The van der Waals surface area contributed by atoms with E-state index in [1.807, 2.05) is 11.8 Å². The molecule has 1 aromatic carbocycles. The largest absolute Gasteiger partial charge is 0.416 e. The van der Waals surface area contributed by atoms with E-state index in [9.17, 15) is 13.2 Å². The monoisotopic (exact) mass is 344 g/mol. The molecule has 0 atom stereocenters. The first kappa shape index (κ1) is 17.1. The highest BCUT2D eigenvalue weighted by molar-refractivity contribution is 7.99. The molecule has 0 aliphatic carbocycles. The molecule has 0 unspecified atom stereocenters. The Morgan fingerprint density at radius 3 is 2.30 bits per heavy atom. The quantitative estimate of drug-likeness (QED) is 0.825. The molecule has 128 valence electrons. The van der Waals surface area contributed by atoms with Gasteiger partial charge in [-0.3, -0.25) is 9.80 Å². The second-order valence-electron chi connectivity index (χ2n) is 6.31. The Kier molecular flexibility index (Phi) is 5.54. The third-order valence-electron chi connectivity index (χ3n) is 4.84. The van der Waals surface area contributed by atoms with Crippen molar-refractivity contribution >= 4 is 11.8 Å². The summed E-state index contributed by atoms with van der Waals surface area (Å²) >= 11 is 2.01. The van der Waals surface area contributed by atoms with E-state index in [2.05, 4.69) is 9.80 Å². The van der Waals surface area contributed by atoms with Crippen molar-refractivity contribution in [2.24, 2.45) is 0 Å². The molecule has 0 N–H and O–H groups in total. The molecule has 0 spiro atoms. The molecule has 2 nitrogen and oxygen atoms in total. The molecule has 0 amide bonds. The minimum Gasteiger partial charge on any atom is -0.299 e. The van der Waals surface area contributed by atoms with Gasteiger partial charge in [0.25, 0.3) is 0 Å². The van der Waals surface area contributed by atoms with Crippen LogP contribution >= 0.6 is 11.8 Å². The van der Waals surface area contributed by atoms with E-state index in [1.165, 1.54) is 23.6 Å². The van der Waals surface area contributed by atoms with Crippen LogP contribution in [0.25, 0.3) is 0 Å². The lowest BCUT2D eigenvalue weighted by atomic mass is 10.0. The van der Waals surface area contributed by atoms with Gasteiger partial charge in [-0.15, -0.1) is 0 Å². The molecule has 0 bridgehead atoms. The zero-order valence-electron chi connectivity index (χ0n) is 13.2. The fourth-order valence-electron chi connectivity index (χ4n) is 3.56. The van der Waals surface area contributed by atoms with Crippen LogP contribution in [0.5, 0.6) is 0 Å². The zero-order chi connectivity index (χ0) is 16.3. The van der Waals surface area contributed by atoms with Crippen molar-refractivity contribution in [1.82, 2.24) is 9.80 Å². The van der Waals surface area contributed by atoms with Crippen LogP contribution in [0, 0.1) is 0 Å². The first-order valence-corrected chi connectivity index (χ1v) is 9.39. The van der Waals surface area contributed by atoms with Crippen LogP contribution in [0.4, 0.5) is 13.2 Å². The molecule has 1 aromatic rings. The Balaban J connectivity index is 1.57. The van der Waals surface area contributed by atoms with Gasteiger partial charge in [-0.05, 0) is 37.6 Å². The number of hydrogen-bond acceptors (Lipinski definition) is 3. The molecule has 3 rings (SSSR count). The standard InChI is InChI=1S/C17H23F3N2S/c18-17(19,20)16-4-2-1-3-14(16)13-21-7-5-15(6-8-21)22-9-11-23-12-10-22/h1-4,15H,5-13H2. The van der Waals surface area contributed by atoms with E-state index in [4.69, 9.17) is 0 Å². The molecule has 2 aliphatic heterocycles. The zero-order valence-corrected chi connectivity index (χ0v) is 14.0. The van der Waals surface area contributed by atoms with Crippen LogP contribution in [0.3, 0.4) is 0 Å². The minimum atomic E-state index is -4.26. The fourth-order valence-corrected chi connectivity index (χ4v) is 4.49. The van der Waals surface area contributed by atoms with Gasteiger partial charge < -0.3 is 0 Å². The van der Waals surface area contributed by atoms with Gasteiger partial charge in [-0.1, -0.05) is 18.2 Å².